The predicted octanol–water partition coefficient (Wildman–Crippen LogP) is 3.53. The van der Waals surface area contributed by atoms with Gasteiger partial charge in [-0.3, -0.25) is 4.79 Å². The summed E-state index contributed by atoms with van der Waals surface area (Å²) < 4.78 is 5.03. The molecule has 0 aliphatic heterocycles. The van der Waals surface area contributed by atoms with Gasteiger partial charge in [-0.15, -0.1) is 0 Å². The zero-order chi connectivity index (χ0) is 12.1. The summed E-state index contributed by atoms with van der Waals surface area (Å²) in [6.45, 7) is 1.87. The number of ether oxygens (including phenoxy) is 1. The number of hydrogen-bond donors (Lipinski definition) is 0. The molecule has 16 heavy (non-hydrogen) atoms. The third-order valence-electron chi connectivity index (χ3n) is 2.30. The van der Waals surface area contributed by atoms with E-state index in [0.717, 1.165) is 5.56 Å². The quantitative estimate of drug-likeness (QED) is 0.810. The highest BCUT2D eigenvalue weighted by Gasteiger charge is 2.09. The molecule has 0 saturated heterocycles. The Balaban J connectivity index is 2.59. The van der Waals surface area contributed by atoms with Crippen molar-refractivity contribution in [3.8, 4) is 0 Å². The summed E-state index contributed by atoms with van der Waals surface area (Å²) in [5.74, 6) is 0.132. The van der Waals surface area contributed by atoms with Crippen molar-refractivity contribution in [2.75, 3.05) is 7.11 Å². The maximum absolute atomic E-state index is 11.6. The number of carbonyl (C=O) groups is 1. The van der Waals surface area contributed by atoms with Crippen molar-refractivity contribution in [3.63, 3.8) is 0 Å². The molecule has 1 unspecified atom stereocenters. The Labute approximate surface area is 106 Å². The van der Waals surface area contributed by atoms with Crippen molar-refractivity contribution in [1.82, 2.24) is 0 Å². The first-order valence-electron chi connectivity index (χ1n) is 5.01. The van der Waals surface area contributed by atoms with Crippen LogP contribution in [0.25, 0.3) is 0 Å². The molecular weight excluding hydrogens is 247 g/mol. The first-order valence-corrected chi connectivity index (χ1v) is 5.77. The van der Waals surface area contributed by atoms with E-state index in [1.54, 1.807) is 19.2 Å². The van der Waals surface area contributed by atoms with Gasteiger partial charge < -0.3 is 4.74 Å². The molecule has 0 aliphatic rings. The molecule has 2 nitrogen and oxygen atoms in total. The van der Waals surface area contributed by atoms with Crippen LogP contribution in [-0.4, -0.2) is 19.0 Å². The lowest BCUT2D eigenvalue weighted by Gasteiger charge is -2.08. The number of hydrogen-bond acceptors (Lipinski definition) is 2. The number of methoxy groups -OCH3 is 1. The van der Waals surface area contributed by atoms with E-state index in [4.69, 9.17) is 27.9 Å². The molecule has 0 fully saturated rings. The second kappa shape index (κ2) is 6.24. The maximum atomic E-state index is 11.6. The Morgan fingerprint density at radius 2 is 2.06 bits per heavy atom. The fourth-order valence-corrected chi connectivity index (χ4v) is 1.67. The molecule has 0 aliphatic carbocycles. The van der Waals surface area contributed by atoms with E-state index in [-0.39, 0.29) is 11.9 Å². The lowest BCUT2D eigenvalue weighted by molar-refractivity contribution is -0.120. The van der Waals surface area contributed by atoms with Gasteiger partial charge in [0.05, 0.1) is 16.1 Å². The van der Waals surface area contributed by atoms with Crippen LogP contribution in [0.4, 0.5) is 0 Å². The van der Waals surface area contributed by atoms with E-state index >= 15 is 0 Å². The van der Waals surface area contributed by atoms with Crippen LogP contribution in [0.3, 0.4) is 0 Å². The molecule has 0 N–H and O–H groups in total. The number of ketones is 1. The lowest BCUT2D eigenvalue weighted by Crippen LogP contribution is -2.13. The molecule has 4 heteroatoms. The summed E-state index contributed by atoms with van der Waals surface area (Å²) >= 11 is 11.6. The normalized spacial score (nSPS) is 12.5. The average molecular weight is 261 g/mol. The molecule has 0 spiro atoms. The van der Waals surface area contributed by atoms with Crippen molar-refractivity contribution >= 4 is 29.0 Å². The van der Waals surface area contributed by atoms with Crippen molar-refractivity contribution in [3.05, 3.63) is 33.8 Å². The average Bonchev–Trinajstić information content (AvgIpc) is 2.23. The smallest absolute Gasteiger partial charge is 0.139 e. The van der Waals surface area contributed by atoms with Gasteiger partial charge in [0.15, 0.2) is 0 Å². The van der Waals surface area contributed by atoms with Gasteiger partial charge in [0, 0.05) is 20.0 Å². The molecule has 1 aromatic rings. The molecule has 1 aromatic carbocycles. The Bertz CT molecular complexity index is 377. The van der Waals surface area contributed by atoms with Crippen LogP contribution in [0, 0.1) is 0 Å². The van der Waals surface area contributed by atoms with Crippen LogP contribution in [0.15, 0.2) is 18.2 Å². The van der Waals surface area contributed by atoms with Gasteiger partial charge in [-0.25, -0.2) is 0 Å². The van der Waals surface area contributed by atoms with Crippen LogP contribution in [0.1, 0.15) is 18.9 Å². The monoisotopic (exact) mass is 260 g/mol. The van der Waals surface area contributed by atoms with Crippen molar-refractivity contribution < 1.29 is 9.53 Å². The Morgan fingerprint density at radius 1 is 1.38 bits per heavy atom. The molecule has 1 atom stereocenters. The molecular formula is C12H14Cl2O2. The molecule has 88 valence electrons. The topological polar surface area (TPSA) is 26.3 Å². The minimum absolute atomic E-state index is 0.0460. The standard InChI is InChI=1S/C12H14Cl2O2/c1-8(16-2)5-10(15)6-9-3-4-11(13)12(14)7-9/h3-4,7-8H,5-6H2,1-2H3. The van der Waals surface area contributed by atoms with Gasteiger partial charge in [-0.2, -0.15) is 0 Å². The van der Waals surface area contributed by atoms with Crippen molar-refractivity contribution in [2.24, 2.45) is 0 Å². The minimum atomic E-state index is -0.0460. The van der Waals surface area contributed by atoms with Crippen LogP contribution >= 0.6 is 23.2 Å². The number of benzene rings is 1. The number of carbonyl (C=O) groups excluding carboxylic acids is 1. The summed E-state index contributed by atoms with van der Waals surface area (Å²) in [7, 11) is 1.59. The van der Waals surface area contributed by atoms with E-state index in [1.807, 2.05) is 13.0 Å². The van der Waals surface area contributed by atoms with Gasteiger partial charge in [-0.05, 0) is 24.6 Å². The van der Waals surface area contributed by atoms with Crippen LogP contribution in [0.5, 0.6) is 0 Å². The van der Waals surface area contributed by atoms with Crippen LogP contribution < -0.4 is 0 Å². The zero-order valence-corrected chi connectivity index (χ0v) is 10.8. The summed E-state index contributed by atoms with van der Waals surface area (Å²) in [4.78, 5) is 11.6. The largest absolute Gasteiger partial charge is 0.381 e. The van der Waals surface area contributed by atoms with Gasteiger partial charge in [0.25, 0.3) is 0 Å². The molecule has 0 amide bonds. The van der Waals surface area contributed by atoms with Gasteiger partial charge >= 0.3 is 0 Å². The highest BCUT2D eigenvalue weighted by molar-refractivity contribution is 6.42. The molecule has 0 saturated carbocycles. The van der Waals surface area contributed by atoms with E-state index in [0.29, 0.717) is 22.9 Å². The maximum Gasteiger partial charge on any atom is 0.139 e. The fourth-order valence-electron chi connectivity index (χ4n) is 1.35. The van der Waals surface area contributed by atoms with Gasteiger partial charge in [-0.1, -0.05) is 29.3 Å². The summed E-state index contributed by atoms with van der Waals surface area (Å²) in [6.07, 6.45) is 0.733. The first kappa shape index (κ1) is 13.5. The first-order chi connectivity index (χ1) is 7.52. The predicted molar refractivity (Wildman–Crippen MR) is 66.3 cm³/mol. The third kappa shape index (κ3) is 4.12. The minimum Gasteiger partial charge on any atom is -0.381 e. The summed E-state index contributed by atoms with van der Waals surface area (Å²) in [5.41, 5.74) is 0.878. The van der Waals surface area contributed by atoms with E-state index in [9.17, 15) is 4.79 Å². The van der Waals surface area contributed by atoms with Crippen molar-refractivity contribution in [2.45, 2.75) is 25.9 Å². The molecule has 0 bridgehead atoms. The zero-order valence-electron chi connectivity index (χ0n) is 9.30. The number of Topliss-reactive ketones (excluding diaryl/α,β-unsaturated/α-hetero) is 1. The number of halogens is 2. The van der Waals surface area contributed by atoms with E-state index in [2.05, 4.69) is 0 Å². The number of rotatable bonds is 5. The SMILES string of the molecule is COC(C)CC(=O)Cc1ccc(Cl)c(Cl)c1. The highest BCUT2D eigenvalue weighted by Crippen LogP contribution is 2.23. The summed E-state index contributed by atoms with van der Waals surface area (Å²) in [6, 6.07) is 5.23. The van der Waals surface area contributed by atoms with E-state index < -0.39 is 0 Å². The van der Waals surface area contributed by atoms with Crippen molar-refractivity contribution in [1.29, 1.82) is 0 Å². The molecule has 0 aromatic heterocycles. The highest BCUT2D eigenvalue weighted by atomic mass is 35.5. The Morgan fingerprint density at radius 3 is 2.62 bits per heavy atom. The molecule has 0 heterocycles. The second-order valence-corrected chi connectivity index (χ2v) is 4.53. The van der Waals surface area contributed by atoms with Crippen LogP contribution in [0.2, 0.25) is 10.0 Å². The Kier molecular flexibility index (Phi) is 5.26. The third-order valence-corrected chi connectivity index (χ3v) is 3.04. The fraction of sp³-hybridized carbons (Fsp3) is 0.417. The van der Waals surface area contributed by atoms with Gasteiger partial charge in [0.2, 0.25) is 0 Å². The summed E-state index contributed by atoms with van der Waals surface area (Å²) in [5, 5.41) is 0.981. The van der Waals surface area contributed by atoms with E-state index in [1.165, 1.54) is 0 Å². The van der Waals surface area contributed by atoms with Crippen LogP contribution in [-0.2, 0) is 16.0 Å². The Hall–Kier alpha value is -0.570. The second-order valence-electron chi connectivity index (χ2n) is 3.71. The van der Waals surface area contributed by atoms with Gasteiger partial charge in [0.1, 0.15) is 5.78 Å². The molecule has 1 rings (SSSR count). The lowest BCUT2D eigenvalue weighted by atomic mass is 10.1. The molecule has 0 radical (unpaired) electrons.